The van der Waals surface area contributed by atoms with Crippen LogP contribution in [0.4, 0.5) is 4.39 Å². The lowest BCUT2D eigenvalue weighted by Crippen LogP contribution is -2.22. The first-order valence-electron chi connectivity index (χ1n) is 6.02. The van der Waals surface area contributed by atoms with E-state index in [0.717, 1.165) is 0 Å². The Labute approximate surface area is 119 Å². The van der Waals surface area contributed by atoms with Crippen LogP contribution in [0.25, 0.3) is 16.6 Å². The molecule has 0 spiro atoms. The van der Waals surface area contributed by atoms with E-state index in [2.05, 4.69) is 4.98 Å². The van der Waals surface area contributed by atoms with Crippen LogP contribution < -0.4 is 5.56 Å². The molecule has 0 amide bonds. The maximum atomic E-state index is 13.3. The van der Waals surface area contributed by atoms with Crippen molar-refractivity contribution in [2.24, 2.45) is 0 Å². The van der Waals surface area contributed by atoms with E-state index in [1.807, 2.05) is 0 Å². The normalized spacial score (nSPS) is 10.9. The third kappa shape index (κ3) is 1.98. The van der Waals surface area contributed by atoms with E-state index in [4.69, 9.17) is 11.6 Å². The maximum absolute atomic E-state index is 13.3. The monoisotopic (exact) mass is 288 g/mol. The summed E-state index contributed by atoms with van der Waals surface area (Å²) >= 11 is 6.08. The summed E-state index contributed by atoms with van der Waals surface area (Å²) in [5, 5.41) is 0.675. The van der Waals surface area contributed by atoms with E-state index in [0.29, 0.717) is 27.4 Å². The second-order valence-corrected chi connectivity index (χ2v) is 4.82. The molecule has 1 heterocycles. The Kier molecular flexibility index (Phi) is 3.03. The van der Waals surface area contributed by atoms with Gasteiger partial charge in [0.05, 0.1) is 21.6 Å². The molecule has 5 heteroatoms. The quantitative estimate of drug-likeness (QED) is 0.687. The molecule has 0 saturated carbocycles. The van der Waals surface area contributed by atoms with Gasteiger partial charge in [0.15, 0.2) is 0 Å². The molecule has 3 aromatic rings. The number of hydrogen-bond acceptors (Lipinski definition) is 2. The third-order valence-electron chi connectivity index (χ3n) is 3.08. The molecule has 0 aliphatic rings. The molecular weight excluding hydrogens is 279 g/mol. The fraction of sp³-hybridized carbons (Fsp3) is 0.0667. The first kappa shape index (κ1) is 12.8. The van der Waals surface area contributed by atoms with Crippen LogP contribution in [0.3, 0.4) is 0 Å². The Morgan fingerprint density at radius 1 is 1.20 bits per heavy atom. The molecule has 0 atom stereocenters. The van der Waals surface area contributed by atoms with Gasteiger partial charge in [-0.3, -0.25) is 9.36 Å². The zero-order valence-corrected chi connectivity index (χ0v) is 11.4. The fourth-order valence-electron chi connectivity index (χ4n) is 2.22. The van der Waals surface area contributed by atoms with Gasteiger partial charge in [-0.15, -0.1) is 0 Å². The number of nitrogens with zero attached hydrogens (tertiary/aromatic N) is 2. The minimum absolute atomic E-state index is 0.302. The largest absolute Gasteiger partial charge is 0.268 e. The van der Waals surface area contributed by atoms with Crippen LogP contribution >= 0.6 is 11.6 Å². The van der Waals surface area contributed by atoms with Gasteiger partial charge in [-0.2, -0.15) is 0 Å². The molecule has 0 fully saturated rings. The molecule has 100 valence electrons. The number of aromatic nitrogens is 2. The summed E-state index contributed by atoms with van der Waals surface area (Å²) in [6, 6.07) is 10.9. The van der Waals surface area contributed by atoms with Gasteiger partial charge in [-0.1, -0.05) is 23.7 Å². The summed E-state index contributed by atoms with van der Waals surface area (Å²) in [7, 11) is 0. The zero-order chi connectivity index (χ0) is 14.3. The standard InChI is InChI=1S/C15H10ClFN2O/c1-9-18-13-7-3-6-12(16)14(13)15(20)19(9)11-5-2-4-10(17)8-11/h2-8H,1H3. The van der Waals surface area contributed by atoms with Crippen LogP contribution in [0.1, 0.15) is 5.82 Å². The van der Waals surface area contributed by atoms with Crippen molar-refractivity contribution in [2.75, 3.05) is 0 Å². The lowest BCUT2D eigenvalue weighted by atomic mass is 10.2. The zero-order valence-electron chi connectivity index (χ0n) is 10.6. The summed E-state index contributed by atoms with van der Waals surface area (Å²) in [6.45, 7) is 1.70. The second kappa shape index (κ2) is 4.72. The highest BCUT2D eigenvalue weighted by Crippen LogP contribution is 2.20. The van der Waals surface area contributed by atoms with E-state index < -0.39 is 5.82 Å². The second-order valence-electron chi connectivity index (χ2n) is 4.41. The van der Waals surface area contributed by atoms with Gasteiger partial charge in [0.25, 0.3) is 5.56 Å². The molecule has 3 nitrogen and oxygen atoms in total. The average Bonchev–Trinajstić information content (AvgIpc) is 2.38. The lowest BCUT2D eigenvalue weighted by molar-refractivity contribution is 0.626. The van der Waals surface area contributed by atoms with E-state index in [-0.39, 0.29) is 5.56 Å². The minimum Gasteiger partial charge on any atom is -0.268 e. The molecule has 0 bridgehead atoms. The molecule has 0 N–H and O–H groups in total. The molecule has 0 aliphatic carbocycles. The van der Waals surface area contributed by atoms with Gasteiger partial charge < -0.3 is 0 Å². The van der Waals surface area contributed by atoms with Crippen LogP contribution in [-0.2, 0) is 0 Å². The van der Waals surface area contributed by atoms with Crippen molar-refractivity contribution in [3.8, 4) is 5.69 Å². The van der Waals surface area contributed by atoms with Crippen LogP contribution in [0, 0.1) is 12.7 Å². The maximum Gasteiger partial charge on any atom is 0.267 e. The minimum atomic E-state index is -0.409. The van der Waals surface area contributed by atoms with Gasteiger partial charge in [0, 0.05) is 0 Å². The molecule has 0 saturated heterocycles. The molecule has 1 aromatic heterocycles. The van der Waals surface area contributed by atoms with Crippen molar-refractivity contribution in [3.63, 3.8) is 0 Å². The molecule has 0 aliphatic heterocycles. The van der Waals surface area contributed by atoms with Crippen molar-refractivity contribution in [1.29, 1.82) is 0 Å². The smallest absolute Gasteiger partial charge is 0.267 e. The van der Waals surface area contributed by atoms with Crippen LogP contribution in [0.2, 0.25) is 5.02 Å². The van der Waals surface area contributed by atoms with Crippen molar-refractivity contribution >= 4 is 22.5 Å². The highest BCUT2D eigenvalue weighted by Gasteiger charge is 2.12. The summed E-state index contributed by atoms with van der Waals surface area (Å²) in [5.74, 6) is 0.0726. The predicted octanol–water partition coefficient (Wildman–Crippen LogP) is 3.49. The summed E-state index contributed by atoms with van der Waals surface area (Å²) in [5.41, 5.74) is 0.665. The third-order valence-corrected chi connectivity index (χ3v) is 3.40. The number of rotatable bonds is 1. The first-order valence-corrected chi connectivity index (χ1v) is 6.39. The number of benzene rings is 2. The Hall–Kier alpha value is -2.20. The van der Waals surface area contributed by atoms with Crippen LogP contribution in [0.15, 0.2) is 47.3 Å². The molecule has 2 aromatic carbocycles. The van der Waals surface area contributed by atoms with E-state index in [9.17, 15) is 9.18 Å². The summed E-state index contributed by atoms with van der Waals surface area (Å²) < 4.78 is 14.7. The van der Waals surface area contributed by atoms with Gasteiger partial charge in [-0.05, 0) is 37.3 Å². The Morgan fingerprint density at radius 3 is 2.70 bits per heavy atom. The van der Waals surface area contributed by atoms with Crippen molar-refractivity contribution in [1.82, 2.24) is 9.55 Å². The average molecular weight is 289 g/mol. The molecule has 3 rings (SSSR count). The van der Waals surface area contributed by atoms with Crippen LogP contribution in [0.5, 0.6) is 0 Å². The van der Waals surface area contributed by atoms with E-state index in [1.54, 1.807) is 37.3 Å². The van der Waals surface area contributed by atoms with Crippen LogP contribution in [-0.4, -0.2) is 9.55 Å². The predicted molar refractivity (Wildman–Crippen MR) is 77.0 cm³/mol. The van der Waals surface area contributed by atoms with Crippen molar-refractivity contribution in [3.05, 3.63) is 69.5 Å². The number of hydrogen-bond donors (Lipinski definition) is 0. The topological polar surface area (TPSA) is 34.9 Å². The first-order chi connectivity index (χ1) is 9.58. The van der Waals surface area contributed by atoms with Gasteiger partial charge in [-0.25, -0.2) is 9.37 Å². The van der Waals surface area contributed by atoms with Gasteiger partial charge >= 0.3 is 0 Å². The summed E-state index contributed by atoms with van der Waals surface area (Å²) in [4.78, 5) is 17.0. The Balaban J connectivity index is 2.43. The lowest BCUT2D eigenvalue weighted by Gasteiger charge is -2.11. The fourth-order valence-corrected chi connectivity index (χ4v) is 2.47. The summed E-state index contributed by atoms with van der Waals surface area (Å²) in [6.07, 6.45) is 0. The van der Waals surface area contributed by atoms with Gasteiger partial charge in [0.2, 0.25) is 0 Å². The SMILES string of the molecule is Cc1nc2cccc(Cl)c2c(=O)n1-c1cccc(F)c1. The number of fused-ring (bicyclic) bond motifs is 1. The van der Waals surface area contributed by atoms with Gasteiger partial charge in [0.1, 0.15) is 11.6 Å². The molecule has 0 unspecified atom stereocenters. The molecule has 0 radical (unpaired) electrons. The Bertz CT molecular complexity index is 873. The van der Waals surface area contributed by atoms with E-state index in [1.165, 1.54) is 16.7 Å². The number of halogens is 2. The highest BCUT2D eigenvalue weighted by atomic mass is 35.5. The number of aryl methyl sites for hydroxylation is 1. The van der Waals surface area contributed by atoms with Crippen molar-refractivity contribution in [2.45, 2.75) is 6.92 Å². The van der Waals surface area contributed by atoms with E-state index >= 15 is 0 Å². The highest BCUT2D eigenvalue weighted by molar-refractivity contribution is 6.35. The Morgan fingerprint density at radius 2 is 1.95 bits per heavy atom. The molecule has 20 heavy (non-hydrogen) atoms. The van der Waals surface area contributed by atoms with Crippen molar-refractivity contribution < 1.29 is 4.39 Å². The molecular formula is C15H10ClFN2O.